The van der Waals surface area contributed by atoms with E-state index in [1.165, 1.54) is 4.90 Å². The van der Waals surface area contributed by atoms with Crippen LogP contribution in [0.5, 0.6) is 0 Å². The van der Waals surface area contributed by atoms with Crippen molar-refractivity contribution in [3.8, 4) is 11.1 Å². The lowest BCUT2D eigenvalue weighted by Crippen LogP contribution is -2.53. The van der Waals surface area contributed by atoms with Crippen LogP contribution in [0.3, 0.4) is 0 Å². The molecule has 8 heteroatoms. The van der Waals surface area contributed by atoms with Gasteiger partial charge in [-0.3, -0.25) is 4.79 Å². The summed E-state index contributed by atoms with van der Waals surface area (Å²) in [6, 6.07) is 17.7. The molecule has 0 aromatic heterocycles. The fourth-order valence-corrected chi connectivity index (χ4v) is 5.49. The Bertz CT molecular complexity index is 1200. The molecule has 0 radical (unpaired) electrons. The van der Waals surface area contributed by atoms with E-state index >= 15 is 0 Å². The van der Waals surface area contributed by atoms with Crippen LogP contribution in [0.25, 0.3) is 11.1 Å². The van der Waals surface area contributed by atoms with Gasteiger partial charge in [0.05, 0.1) is 11.5 Å². The molecule has 2 aromatic carbocycles. The largest absolute Gasteiger partial charge is 0.444 e. The first-order valence-corrected chi connectivity index (χ1v) is 14.1. The molecular formula is C32H42N2O6. The first-order valence-electron chi connectivity index (χ1n) is 14.1. The predicted octanol–water partition coefficient (Wildman–Crippen LogP) is 5.81. The minimum Gasteiger partial charge on any atom is -0.444 e. The molecule has 8 nitrogen and oxygen atoms in total. The monoisotopic (exact) mass is 550 g/mol. The standard InChI is InChI=1S/C32H42N2O6/c1-30(2,3)39-28(36)33-18-16-32(38,17-19-33)26-21-25(34(27(26)35)29(37)40-31(4,5)6)20-22-12-14-24(15-13-22)23-10-8-7-9-11-23/h7-15,25-26,38H,16-21H2,1-6H3/t25-,26?/m1/s1. The van der Waals surface area contributed by atoms with Crippen molar-refractivity contribution in [1.29, 1.82) is 0 Å². The Labute approximate surface area is 237 Å². The molecule has 2 heterocycles. The molecule has 0 spiro atoms. The zero-order valence-electron chi connectivity index (χ0n) is 24.5. The quantitative estimate of drug-likeness (QED) is 0.516. The number of carbonyl (C=O) groups excluding carboxylic acids is 3. The van der Waals surface area contributed by atoms with Gasteiger partial charge in [-0.25, -0.2) is 14.5 Å². The van der Waals surface area contributed by atoms with E-state index in [0.29, 0.717) is 12.8 Å². The van der Waals surface area contributed by atoms with E-state index < -0.39 is 46.9 Å². The number of benzene rings is 2. The molecule has 40 heavy (non-hydrogen) atoms. The number of carbonyl (C=O) groups is 3. The number of rotatable bonds is 4. The third-order valence-corrected chi connectivity index (χ3v) is 7.46. The second-order valence-electron chi connectivity index (χ2n) is 13.0. The molecule has 2 aromatic rings. The topological polar surface area (TPSA) is 96.4 Å². The summed E-state index contributed by atoms with van der Waals surface area (Å²) in [5.41, 5.74) is 0.459. The highest BCUT2D eigenvalue weighted by Crippen LogP contribution is 2.41. The van der Waals surface area contributed by atoms with Crippen LogP contribution in [0.15, 0.2) is 54.6 Å². The molecule has 216 valence electrons. The summed E-state index contributed by atoms with van der Waals surface area (Å²) in [6.45, 7) is 11.3. The van der Waals surface area contributed by atoms with Crippen molar-refractivity contribution in [2.24, 2.45) is 5.92 Å². The number of likely N-dealkylation sites (tertiary alicyclic amines) is 2. The highest BCUT2D eigenvalue weighted by Gasteiger charge is 2.54. The molecule has 2 atom stereocenters. The van der Waals surface area contributed by atoms with Crippen LogP contribution in [0.2, 0.25) is 0 Å². The Balaban J connectivity index is 1.51. The second kappa shape index (κ2) is 11.2. The molecule has 1 unspecified atom stereocenters. The van der Waals surface area contributed by atoms with Crippen molar-refractivity contribution in [3.05, 3.63) is 60.2 Å². The van der Waals surface area contributed by atoms with Crippen LogP contribution < -0.4 is 0 Å². The number of hydrogen-bond donors (Lipinski definition) is 1. The molecule has 0 bridgehead atoms. The summed E-state index contributed by atoms with van der Waals surface area (Å²) < 4.78 is 11.1. The molecule has 1 N–H and O–H groups in total. The predicted molar refractivity (Wildman–Crippen MR) is 153 cm³/mol. The molecule has 2 fully saturated rings. The number of amides is 3. The van der Waals surface area contributed by atoms with E-state index in [0.717, 1.165) is 16.7 Å². The van der Waals surface area contributed by atoms with Gasteiger partial charge in [0, 0.05) is 19.1 Å². The van der Waals surface area contributed by atoms with E-state index in [4.69, 9.17) is 9.47 Å². The number of ether oxygens (including phenoxy) is 2. The maximum absolute atomic E-state index is 13.7. The van der Waals surface area contributed by atoms with Crippen LogP contribution in [0, 0.1) is 5.92 Å². The lowest BCUT2D eigenvalue weighted by Gasteiger charge is -2.41. The van der Waals surface area contributed by atoms with E-state index in [-0.39, 0.29) is 25.9 Å². The van der Waals surface area contributed by atoms with E-state index in [1.807, 2.05) is 75.4 Å². The maximum atomic E-state index is 13.7. The molecule has 2 aliphatic rings. The smallest absolute Gasteiger partial charge is 0.417 e. The zero-order valence-corrected chi connectivity index (χ0v) is 24.5. The second-order valence-corrected chi connectivity index (χ2v) is 13.0. The van der Waals surface area contributed by atoms with Gasteiger partial charge in [-0.05, 0) is 83.9 Å². The Morgan fingerprint density at radius 2 is 1.38 bits per heavy atom. The van der Waals surface area contributed by atoms with Crippen molar-refractivity contribution in [2.45, 2.75) is 90.1 Å². The first kappa shape index (κ1) is 29.6. The van der Waals surface area contributed by atoms with E-state index in [2.05, 4.69) is 0 Å². The molecule has 2 aliphatic heterocycles. The molecule has 0 saturated carbocycles. The fourth-order valence-electron chi connectivity index (χ4n) is 5.49. The van der Waals surface area contributed by atoms with Gasteiger partial charge >= 0.3 is 12.2 Å². The Morgan fingerprint density at radius 1 is 0.850 bits per heavy atom. The van der Waals surface area contributed by atoms with Gasteiger partial charge in [-0.15, -0.1) is 0 Å². The normalized spacial score (nSPS) is 21.3. The fraction of sp³-hybridized carbons (Fsp3) is 0.531. The number of imide groups is 1. The third-order valence-electron chi connectivity index (χ3n) is 7.46. The minimum atomic E-state index is -1.33. The number of piperidine rings is 1. The van der Waals surface area contributed by atoms with Crippen molar-refractivity contribution in [3.63, 3.8) is 0 Å². The molecular weight excluding hydrogens is 508 g/mol. The van der Waals surface area contributed by atoms with Crippen LogP contribution in [-0.4, -0.2) is 68.9 Å². The average molecular weight is 551 g/mol. The van der Waals surface area contributed by atoms with Gasteiger partial charge < -0.3 is 19.5 Å². The van der Waals surface area contributed by atoms with Crippen LogP contribution in [0.4, 0.5) is 9.59 Å². The lowest BCUT2D eigenvalue weighted by atomic mass is 9.77. The summed E-state index contributed by atoms with van der Waals surface area (Å²) in [5, 5.41) is 11.7. The van der Waals surface area contributed by atoms with Crippen LogP contribution >= 0.6 is 0 Å². The Kier molecular flexibility index (Phi) is 8.31. The van der Waals surface area contributed by atoms with Crippen LogP contribution in [-0.2, 0) is 20.7 Å². The highest BCUT2D eigenvalue weighted by atomic mass is 16.6. The number of aliphatic hydroxyl groups is 1. The van der Waals surface area contributed by atoms with Crippen molar-refractivity contribution < 1.29 is 29.0 Å². The van der Waals surface area contributed by atoms with Crippen molar-refractivity contribution >= 4 is 18.1 Å². The van der Waals surface area contributed by atoms with Gasteiger partial charge in [-0.2, -0.15) is 0 Å². The summed E-state index contributed by atoms with van der Waals surface area (Å²) >= 11 is 0. The SMILES string of the molecule is CC(C)(C)OC(=O)N1CCC(O)(C2C[C@@H](Cc3ccc(-c4ccccc4)cc3)N(C(=O)OC(C)(C)C)C2=O)CC1. The maximum Gasteiger partial charge on any atom is 0.417 e. The lowest BCUT2D eigenvalue weighted by molar-refractivity contribution is -0.141. The average Bonchev–Trinajstić information content (AvgIpc) is 3.20. The Hall–Kier alpha value is -3.39. The van der Waals surface area contributed by atoms with E-state index in [1.54, 1.807) is 25.7 Å². The van der Waals surface area contributed by atoms with Crippen LogP contribution in [0.1, 0.15) is 66.4 Å². The Morgan fingerprint density at radius 3 is 1.93 bits per heavy atom. The summed E-state index contributed by atoms with van der Waals surface area (Å²) in [6.07, 6.45) is 0.102. The van der Waals surface area contributed by atoms with Crippen molar-refractivity contribution in [1.82, 2.24) is 9.80 Å². The van der Waals surface area contributed by atoms with Gasteiger partial charge in [0.1, 0.15) is 11.2 Å². The molecule has 2 saturated heterocycles. The molecule has 3 amide bonds. The number of hydrogen-bond acceptors (Lipinski definition) is 6. The highest BCUT2D eigenvalue weighted by molar-refractivity contribution is 5.96. The zero-order chi connectivity index (χ0) is 29.3. The summed E-state index contributed by atoms with van der Waals surface area (Å²) in [5.74, 6) is -1.19. The van der Waals surface area contributed by atoms with Gasteiger partial charge in [0.15, 0.2) is 0 Å². The third kappa shape index (κ3) is 7.02. The van der Waals surface area contributed by atoms with Gasteiger partial charge in [0.25, 0.3) is 0 Å². The summed E-state index contributed by atoms with van der Waals surface area (Å²) in [4.78, 5) is 42.3. The van der Waals surface area contributed by atoms with Gasteiger partial charge in [-0.1, -0.05) is 54.6 Å². The van der Waals surface area contributed by atoms with Gasteiger partial charge in [0.2, 0.25) is 5.91 Å². The number of nitrogens with zero attached hydrogens (tertiary/aromatic N) is 2. The van der Waals surface area contributed by atoms with E-state index in [9.17, 15) is 19.5 Å². The first-order chi connectivity index (χ1) is 18.7. The summed E-state index contributed by atoms with van der Waals surface area (Å²) in [7, 11) is 0. The van der Waals surface area contributed by atoms with Crippen molar-refractivity contribution in [2.75, 3.05) is 13.1 Å². The minimum absolute atomic E-state index is 0.225. The molecule has 4 rings (SSSR count). The molecule has 0 aliphatic carbocycles.